The van der Waals surface area contributed by atoms with Crippen molar-refractivity contribution in [2.45, 2.75) is 12.0 Å². The van der Waals surface area contributed by atoms with Gasteiger partial charge in [-0.2, -0.15) is 0 Å². The van der Waals surface area contributed by atoms with Crippen molar-refractivity contribution in [1.29, 1.82) is 0 Å². The second-order valence-electron chi connectivity index (χ2n) is 15.2. The third kappa shape index (κ3) is 5.79. The Balaban J connectivity index is 1.09. The first kappa shape index (κ1) is 33.1. The highest BCUT2D eigenvalue weighted by Gasteiger charge is 2.36. The predicted octanol–water partition coefficient (Wildman–Crippen LogP) is 15.1. The van der Waals surface area contributed by atoms with Gasteiger partial charge in [-0.1, -0.05) is 194 Å². The first-order valence-corrected chi connectivity index (χ1v) is 19.8. The summed E-state index contributed by atoms with van der Waals surface area (Å²) in [6.07, 6.45) is -0.0946. The van der Waals surface area contributed by atoms with Crippen LogP contribution in [0.4, 0.5) is 0 Å². The van der Waals surface area contributed by atoms with Crippen LogP contribution in [0.2, 0.25) is 0 Å². The highest BCUT2D eigenvalue weighted by atomic mass is 16.5. The molecule has 0 bridgehead atoms. The van der Waals surface area contributed by atoms with Gasteiger partial charge in [-0.3, -0.25) is 0 Å². The van der Waals surface area contributed by atoms with E-state index in [1.165, 1.54) is 82.4 Å². The van der Waals surface area contributed by atoms with Gasteiger partial charge < -0.3 is 4.74 Å². The Labute approximate surface area is 333 Å². The number of hydrogen-bond acceptors (Lipinski definition) is 1. The molecule has 0 radical (unpaired) electrons. The summed E-state index contributed by atoms with van der Waals surface area (Å²) in [6, 6.07) is 79.5. The first-order chi connectivity index (χ1) is 28.3. The van der Waals surface area contributed by atoms with Crippen LogP contribution in [0.3, 0.4) is 0 Å². The van der Waals surface area contributed by atoms with Crippen molar-refractivity contribution >= 4 is 32.3 Å². The smallest absolute Gasteiger partial charge is 0.135 e. The molecule has 0 saturated carbocycles. The van der Waals surface area contributed by atoms with Crippen molar-refractivity contribution in [1.82, 2.24) is 0 Å². The quantitative estimate of drug-likeness (QED) is 0.155. The van der Waals surface area contributed by atoms with E-state index in [9.17, 15) is 0 Å². The highest BCUT2D eigenvalue weighted by Crippen LogP contribution is 2.51. The van der Waals surface area contributed by atoms with E-state index in [2.05, 4.69) is 218 Å². The van der Waals surface area contributed by atoms with E-state index in [1.54, 1.807) is 0 Å². The SMILES string of the molecule is c1ccc(-c2ccc3c(-c4ccc5ccccc5c4)c4ccccc4c(-c4cccc(-c5ccc6c(c5)OC(c5ccccc5)C6c5ccccc5)c4)c3c2)cc1. The predicted molar refractivity (Wildman–Crippen MR) is 239 cm³/mol. The fourth-order valence-electron chi connectivity index (χ4n) is 9.17. The van der Waals surface area contributed by atoms with E-state index < -0.39 is 0 Å². The van der Waals surface area contributed by atoms with Gasteiger partial charge in [0.15, 0.2) is 0 Å². The molecule has 268 valence electrons. The van der Waals surface area contributed by atoms with Crippen LogP contribution in [0.15, 0.2) is 218 Å². The number of hydrogen-bond donors (Lipinski definition) is 0. The summed E-state index contributed by atoms with van der Waals surface area (Å²) in [5.74, 6) is 1.06. The second kappa shape index (κ2) is 13.8. The summed E-state index contributed by atoms with van der Waals surface area (Å²) >= 11 is 0. The van der Waals surface area contributed by atoms with Gasteiger partial charge in [-0.05, 0) is 112 Å². The lowest BCUT2D eigenvalue weighted by Crippen LogP contribution is -2.11. The minimum Gasteiger partial charge on any atom is -0.484 e. The molecule has 2 unspecified atom stereocenters. The van der Waals surface area contributed by atoms with E-state index in [-0.39, 0.29) is 12.0 Å². The topological polar surface area (TPSA) is 9.23 Å². The molecule has 10 aromatic carbocycles. The van der Waals surface area contributed by atoms with Crippen molar-refractivity contribution in [3.63, 3.8) is 0 Å². The Kier molecular flexibility index (Phi) is 8.03. The van der Waals surface area contributed by atoms with Crippen molar-refractivity contribution in [2.24, 2.45) is 0 Å². The lowest BCUT2D eigenvalue weighted by Gasteiger charge is -2.20. The summed E-state index contributed by atoms with van der Waals surface area (Å²) in [5, 5.41) is 7.46. The minimum atomic E-state index is -0.0946. The molecule has 0 spiro atoms. The molecule has 10 aromatic rings. The molecule has 1 heterocycles. The average molecular weight is 727 g/mol. The normalized spacial score (nSPS) is 14.8. The Morgan fingerprint density at radius 2 is 0.825 bits per heavy atom. The zero-order valence-electron chi connectivity index (χ0n) is 31.3. The Morgan fingerprint density at radius 3 is 1.60 bits per heavy atom. The third-order valence-corrected chi connectivity index (χ3v) is 11.8. The highest BCUT2D eigenvalue weighted by molar-refractivity contribution is 6.22. The maximum absolute atomic E-state index is 6.89. The van der Waals surface area contributed by atoms with Crippen LogP contribution >= 0.6 is 0 Å². The molecule has 0 N–H and O–H groups in total. The largest absolute Gasteiger partial charge is 0.484 e. The van der Waals surface area contributed by atoms with Crippen LogP contribution < -0.4 is 4.74 Å². The molecule has 0 fully saturated rings. The van der Waals surface area contributed by atoms with E-state index >= 15 is 0 Å². The van der Waals surface area contributed by atoms with Crippen LogP contribution in [0.5, 0.6) is 5.75 Å². The molecule has 0 aromatic heterocycles. The number of benzene rings is 10. The Bertz CT molecular complexity index is 3090. The number of ether oxygens (including phenoxy) is 1. The van der Waals surface area contributed by atoms with Gasteiger partial charge in [0.2, 0.25) is 0 Å². The van der Waals surface area contributed by atoms with E-state index in [0.717, 1.165) is 16.9 Å². The van der Waals surface area contributed by atoms with Gasteiger partial charge >= 0.3 is 0 Å². The second-order valence-corrected chi connectivity index (χ2v) is 15.2. The summed E-state index contributed by atoms with van der Waals surface area (Å²) in [4.78, 5) is 0. The van der Waals surface area contributed by atoms with Crippen LogP contribution in [0, 0.1) is 0 Å². The molecule has 0 amide bonds. The zero-order valence-corrected chi connectivity index (χ0v) is 31.3. The molecular weight excluding hydrogens is 689 g/mol. The maximum atomic E-state index is 6.89. The average Bonchev–Trinajstić information content (AvgIpc) is 3.68. The Morgan fingerprint density at radius 1 is 0.298 bits per heavy atom. The molecule has 1 aliphatic heterocycles. The third-order valence-electron chi connectivity index (χ3n) is 11.8. The summed E-state index contributed by atoms with van der Waals surface area (Å²) in [5.41, 5.74) is 13.3. The van der Waals surface area contributed by atoms with E-state index in [1.807, 2.05) is 0 Å². The fraction of sp³-hybridized carbons (Fsp3) is 0.0357. The number of fused-ring (bicyclic) bond motifs is 4. The van der Waals surface area contributed by atoms with Crippen molar-refractivity contribution in [3.8, 4) is 50.3 Å². The molecule has 11 rings (SSSR count). The molecule has 1 nitrogen and oxygen atoms in total. The Hall–Kier alpha value is -7.22. The molecule has 0 saturated heterocycles. The van der Waals surface area contributed by atoms with Crippen molar-refractivity contribution in [3.05, 3.63) is 235 Å². The fourth-order valence-corrected chi connectivity index (χ4v) is 9.17. The van der Waals surface area contributed by atoms with Gasteiger partial charge in [0, 0.05) is 5.56 Å². The van der Waals surface area contributed by atoms with Crippen molar-refractivity contribution < 1.29 is 4.74 Å². The standard InChI is InChI=1S/C56H38O/c1-4-15-37(16-5-1)43-29-31-49-51(35-43)54(48-26-13-12-25-47(48)53(49)46-28-27-38-17-10-11-22-41(38)33-46)45-24-14-23-42(34-45)44-30-32-50-52(36-44)57-56(40-20-8-3-9-21-40)55(50)39-18-6-2-7-19-39/h1-36,55-56H. The van der Waals surface area contributed by atoms with Crippen LogP contribution in [0.1, 0.15) is 28.7 Å². The summed E-state index contributed by atoms with van der Waals surface area (Å²) in [6.45, 7) is 0. The lowest BCUT2D eigenvalue weighted by molar-refractivity contribution is 0.222. The molecule has 2 atom stereocenters. The molecular formula is C56H38O. The number of rotatable bonds is 6. The monoisotopic (exact) mass is 726 g/mol. The van der Waals surface area contributed by atoms with Crippen LogP contribution in [0.25, 0.3) is 76.8 Å². The van der Waals surface area contributed by atoms with Gasteiger partial charge in [0.1, 0.15) is 11.9 Å². The van der Waals surface area contributed by atoms with E-state index in [4.69, 9.17) is 4.74 Å². The lowest BCUT2D eigenvalue weighted by atomic mass is 9.83. The van der Waals surface area contributed by atoms with Crippen molar-refractivity contribution in [2.75, 3.05) is 0 Å². The molecule has 1 aliphatic rings. The first-order valence-electron chi connectivity index (χ1n) is 19.8. The van der Waals surface area contributed by atoms with E-state index in [0.29, 0.717) is 0 Å². The van der Waals surface area contributed by atoms with Gasteiger partial charge in [0.25, 0.3) is 0 Å². The van der Waals surface area contributed by atoms with Gasteiger partial charge in [-0.15, -0.1) is 0 Å². The zero-order chi connectivity index (χ0) is 37.7. The molecule has 1 heteroatoms. The van der Waals surface area contributed by atoms with Crippen LogP contribution in [-0.4, -0.2) is 0 Å². The van der Waals surface area contributed by atoms with Gasteiger partial charge in [-0.25, -0.2) is 0 Å². The summed E-state index contributed by atoms with van der Waals surface area (Å²) in [7, 11) is 0. The summed E-state index contributed by atoms with van der Waals surface area (Å²) < 4.78 is 6.89. The van der Waals surface area contributed by atoms with Gasteiger partial charge in [0.05, 0.1) is 5.92 Å². The molecule has 0 aliphatic carbocycles. The van der Waals surface area contributed by atoms with Crippen LogP contribution in [-0.2, 0) is 0 Å². The molecule has 57 heavy (non-hydrogen) atoms. The maximum Gasteiger partial charge on any atom is 0.135 e. The minimum absolute atomic E-state index is 0.0946.